The minimum atomic E-state index is -2.44. The number of hydrogen-bond donors (Lipinski definition) is 4. The molecule has 0 radical (unpaired) electrons. The van der Waals surface area contributed by atoms with Crippen LogP contribution in [0.15, 0.2) is 0 Å². The van der Waals surface area contributed by atoms with Crippen LogP contribution < -0.4 is 91.2 Å². The molecule has 9 nitrogen and oxygen atoms in total. The van der Waals surface area contributed by atoms with E-state index in [4.69, 9.17) is 20.4 Å². The van der Waals surface area contributed by atoms with Gasteiger partial charge in [-0.15, -0.1) is 0 Å². The van der Waals surface area contributed by atoms with Crippen molar-refractivity contribution >= 4 is 17.9 Å². The minimum absolute atomic E-state index is 0. The molecular formula is C7H10KNaO9. The Labute approximate surface area is 167 Å². The van der Waals surface area contributed by atoms with Gasteiger partial charge in [0.15, 0.2) is 0 Å². The molecule has 0 fully saturated rings. The predicted molar refractivity (Wildman–Crippen MR) is 41.3 cm³/mol. The third kappa shape index (κ3) is 15.0. The van der Waals surface area contributed by atoms with Gasteiger partial charge in [0.25, 0.3) is 0 Å². The van der Waals surface area contributed by atoms with E-state index in [2.05, 4.69) is 0 Å². The van der Waals surface area contributed by atoms with Crippen LogP contribution in [0.4, 0.5) is 0 Å². The van der Waals surface area contributed by atoms with E-state index in [0.29, 0.717) is 0 Å². The molecule has 3 atom stereocenters. The van der Waals surface area contributed by atoms with Crippen LogP contribution in [0.3, 0.4) is 0 Å². The largest absolute Gasteiger partial charge is 1.00 e. The van der Waals surface area contributed by atoms with E-state index in [9.17, 15) is 24.6 Å². The van der Waals surface area contributed by atoms with E-state index in [1.54, 1.807) is 0 Å². The molecule has 0 rings (SSSR count). The van der Waals surface area contributed by atoms with Crippen molar-refractivity contribution in [3.8, 4) is 0 Å². The van der Waals surface area contributed by atoms with Crippen molar-refractivity contribution in [3.05, 3.63) is 0 Å². The zero-order valence-corrected chi connectivity index (χ0v) is 15.2. The molecule has 11 heteroatoms. The third-order valence-corrected chi connectivity index (χ3v) is 1.14. The fourth-order valence-corrected chi connectivity index (χ4v) is 0.258. The molecule has 0 spiro atoms. The second-order valence-corrected chi connectivity index (χ2v) is 2.54. The molecule has 0 aliphatic rings. The van der Waals surface area contributed by atoms with Gasteiger partial charge in [-0.2, -0.15) is 0 Å². The van der Waals surface area contributed by atoms with Crippen LogP contribution in [0.5, 0.6) is 0 Å². The van der Waals surface area contributed by atoms with Crippen LogP contribution in [-0.4, -0.2) is 56.6 Å². The molecule has 0 aliphatic carbocycles. The average molecular weight is 300 g/mol. The Bertz CT molecular complexity index is 252. The van der Waals surface area contributed by atoms with Gasteiger partial charge >= 0.3 is 86.9 Å². The van der Waals surface area contributed by atoms with Crippen LogP contribution in [0.25, 0.3) is 0 Å². The Morgan fingerprint density at radius 3 is 1.17 bits per heavy atom. The zero-order valence-electron chi connectivity index (χ0n) is 10.1. The molecular weight excluding hydrogens is 290 g/mol. The molecule has 0 aromatic heterocycles. The van der Waals surface area contributed by atoms with Crippen LogP contribution in [0, 0.1) is 0 Å². The molecule has 18 heavy (non-hydrogen) atoms. The van der Waals surface area contributed by atoms with E-state index in [0.717, 1.165) is 0 Å². The molecule has 4 N–H and O–H groups in total. The van der Waals surface area contributed by atoms with Crippen molar-refractivity contribution < 1.29 is 126 Å². The van der Waals surface area contributed by atoms with Crippen LogP contribution in [0.1, 0.15) is 6.92 Å². The maximum atomic E-state index is 9.63. The number of carboxylic acid groups (broad SMARTS) is 3. The first kappa shape index (κ1) is 27.3. The first-order valence-corrected chi connectivity index (χ1v) is 3.80. The van der Waals surface area contributed by atoms with Crippen molar-refractivity contribution in [3.63, 3.8) is 0 Å². The Hall–Kier alpha value is 0.926. The van der Waals surface area contributed by atoms with E-state index >= 15 is 0 Å². The number of aliphatic hydroxyl groups is 3. The monoisotopic (exact) mass is 300 g/mol. The standard InChI is InChI=1S/C4H6O6.C3H6O3.K.Na/c5-1(3(7)8)2(6)4(9)10;1-2(4)3(5)6;;/h1-2,5-6H,(H,7,8)(H,9,10);2,4H,1H3,(H,5,6);;/q;;2*+1/p-2. The normalized spacial score (nSPS) is 13.3. The Morgan fingerprint density at radius 1 is 0.944 bits per heavy atom. The number of rotatable bonds is 4. The van der Waals surface area contributed by atoms with Gasteiger partial charge in [0.2, 0.25) is 0 Å². The van der Waals surface area contributed by atoms with Crippen LogP contribution >= 0.6 is 0 Å². The SMILES string of the molecule is CC(O)C(=O)O.O=C([O-])C(O)C(O)C(=O)[O-].[K+].[Na+]. The summed E-state index contributed by atoms with van der Waals surface area (Å²) in [5.74, 6) is -5.30. The van der Waals surface area contributed by atoms with Gasteiger partial charge in [-0.3, -0.25) is 0 Å². The number of aliphatic carboxylic acids is 3. The Balaban J connectivity index is -0.000000108. The minimum Gasteiger partial charge on any atom is -0.547 e. The molecule has 0 heterocycles. The molecule has 94 valence electrons. The number of hydrogen-bond acceptors (Lipinski definition) is 8. The van der Waals surface area contributed by atoms with Crippen molar-refractivity contribution in [2.75, 3.05) is 0 Å². The van der Waals surface area contributed by atoms with Gasteiger partial charge < -0.3 is 40.2 Å². The van der Waals surface area contributed by atoms with E-state index < -0.39 is 36.2 Å². The smallest absolute Gasteiger partial charge is 0.547 e. The van der Waals surface area contributed by atoms with Crippen LogP contribution in [-0.2, 0) is 14.4 Å². The van der Waals surface area contributed by atoms with Crippen molar-refractivity contribution in [1.82, 2.24) is 0 Å². The molecule has 0 saturated carbocycles. The molecule has 3 unspecified atom stereocenters. The second kappa shape index (κ2) is 14.3. The van der Waals surface area contributed by atoms with Gasteiger partial charge in [-0.1, -0.05) is 0 Å². The zero-order chi connectivity index (χ0) is 13.5. The molecule has 0 aliphatic heterocycles. The summed E-state index contributed by atoms with van der Waals surface area (Å²) in [5, 5.41) is 51.5. The number of carboxylic acids is 3. The maximum absolute atomic E-state index is 9.63. The molecule has 0 bridgehead atoms. The summed E-state index contributed by atoms with van der Waals surface area (Å²) >= 11 is 0. The molecule has 0 aromatic carbocycles. The topological polar surface area (TPSA) is 178 Å². The number of carbonyl (C=O) groups excluding carboxylic acids is 2. The van der Waals surface area contributed by atoms with Gasteiger partial charge in [-0.05, 0) is 6.92 Å². The van der Waals surface area contributed by atoms with Gasteiger partial charge in [0.05, 0.1) is 11.9 Å². The summed E-state index contributed by atoms with van der Waals surface area (Å²) in [5.41, 5.74) is 0. The van der Waals surface area contributed by atoms with E-state index in [1.165, 1.54) is 6.92 Å². The van der Waals surface area contributed by atoms with E-state index in [-0.39, 0.29) is 80.9 Å². The van der Waals surface area contributed by atoms with Crippen molar-refractivity contribution in [2.45, 2.75) is 25.2 Å². The van der Waals surface area contributed by atoms with Crippen LogP contribution in [0.2, 0.25) is 0 Å². The summed E-state index contributed by atoms with van der Waals surface area (Å²) in [7, 11) is 0. The Morgan fingerprint density at radius 2 is 1.11 bits per heavy atom. The third-order valence-electron chi connectivity index (χ3n) is 1.14. The van der Waals surface area contributed by atoms with Crippen molar-refractivity contribution in [1.29, 1.82) is 0 Å². The molecule has 0 saturated heterocycles. The molecule has 0 aromatic rings. The van der Waals surface area contributed by atoms with E-state index in [1.807, 2.05) is 0 Å². The first-order chi connectivity index (χ1) is 7.11. The Kier molecular flexibility index (Phi) is 21.7. The number of carbonyl (C=O) groups is 3. The summed E-state index contributed by atoms with van der Waals surface area (Å²) < 4.78 is 0. The second-order valence-electron chi connectivity index (χ2n) is 2.54. The average Bonchev–Trinajstić information content (AvgIpc) is 2.15. The summed E-state index contributed by atoms with van der Waals surface area (Å²) in [6.07, 6.45) is -6.11. The van der Waals surface area contributed by atoms with Gasteiger partial charge in [0, 0.05) is 0 Å². The van der Waals surface area contributed by atoms with Gasteiger partial charge in [0.1, 0.15) is 18.3 Å². The maximum Gasteiger partial charge on any atom is 1.00 e. The first-order valence-electron chi connectivity index (χ1n) is 3.80. The summed E-state index contributed by atoms with van der Waals surface area (Å²) in [6, 6.07) is 0. The van der Waals surface area contributed by atoms with Crippen molar-refractivity contribution in [2.24, 2.45) is 0 Å². The fraction of sp³-hybridized carbons (Fsp3) is 0.571. The van der Waals surface area contributed by atoms with Gasteiger partial charge in [-0.25, -0.2) is 4.79 Å². The quantitative estimate of drug-likeness (QED) is 0.367. The predicted octanol–water partition coefficient (Wildman–Crippen LogP) is -11.3. The molecule has 0 amide bonds. The summed E-state index contributed by atoms with van der Waals surface area (Å²) in [4.78, 5) is 28.7. The summed E-state index contributed by atoms with van der Waals surface area (Å²) in [6.45, 7) is 1.20. The number of aliphatic hydroxyl groups excluding tert-OH is 3. The fourth-order valence-electron chi connectivity index (χ4n) is 0.258.